The van der Waals surface area contributed by atoms with Gasteiger partial charge in [-0.25, -0.2) is 4.79 Å². The van der Waals surface area contributed by atoms with Gasteiger partial charge in [-0.05, 0) is 52.4 Å². The Morgan fingerprint density at radius 2 is 1.84 bits per heavy atom. The van der Waals surface area contributed by atoms with Crippen LogP contribution in [0.25, 0.3) is 0 Å². The molecule has 0 spiro atoms. The van der Waals surface area contributed by atoms with E-state index in [-0.39, 0.29) is 6.54 Å². The number of alkyl carbamates (subject to hydrolysis) is 1. The van der Waals surface area contributed by atoms with E-state index in [0.29, 0.717) is 18.8 Å². The summed E-state index contributed by atoms with van der Waals surface area (Å²) in [6.45, 7) is 7.61. The molecule has 1 rings (SSSR count). The summed E-state index contributed by atoms with van der Waals surface area (Å²) < 4.78 is 5.13. The normalized spacial score (nSPS) is 27.7. The summed E-state index contributed by atoms with van der Waals surface area (Å²) in [6.07, 6.45) is 2.45. The zero-order valence-electron chi connectivity index (χ0n) is 12.3. The van der Waals surface area contributed by atoms with Crippen molar-refractivity contribution < 1.29 is 19.4 Å². The summed E-state index contributed by atoms with van der Waals surface area (Å²) in [7, 11) is 0. The lowest BCUT2D eigenvalue weighted by Gasteiger charge is -2.35. The molecule has 0 aromatic heterocycles. The van der Waals surface area contributed by atoms with Crippen molar-refractivity contribution in [1.82, 2.24) is 5.32 Å². The number of ether oxygens (including phenoxy) is 1. The van der Waals surface area contributed by atoms with Gasteiger partial charge in [-0.2, -0.15) is 0 Å². The molecule has 1 amide bonds. The van der Waals surface area contributed by atoms with Gasteiger partial charge in [0.05, 0.1) is 5.41 Å². The van der Waals surface area contributed by atoms with Crippen LogP contribution in [0.2, 0.25) is 0 Å². The number of hydrogen-bond donors (Lipinski definition) is 2. The number of carboxylic acid groups (broad SMARTS) is 1. The van der Waals surface area contributed by atoms with Crippen LogP contribution in [0.4, 0.5) is 4.79 Å². The summed E-state index contributed by atoms with van der Waals surface area (Å²) >= 11 is 0. The maximum Gasteiger partial charge on any atom is 0.407 e. The molecule has 0 atom stereocenters. The largest absolute Gasteiger partial charge is 0.481 e. The van der Waals surface area contributed by atoms with Crippen molar-refractivity contribution in [3.63, 3.8) is 0 Å². The van der Waals surface area contributed by atoms with Gasteiger partial charge in [-0.15, -0.1) is 0 Å². The van der Waals surface area contributed by atoms with E-state index in [1.807, 2.05) is 0 Å². The van der Waals surface area contributed by atoms with Crippen molar-refractivity contribution in [2.24, 2.45) is 11.3 Å². The van der Waals surface area contributed by atoms with Crippen LogP contribution in [-0.2, 0) is 9.53 Å². The lowest BCUT2D eigenvalue weighted by Crippen LogP contribution is -2.46. The van der Waals surface area contributed by atoms with E-state index in [1.165, 1.54) is 0 Å². The van der Waals surface area contributed by atoms with Gasteiger partial charge < -0.3 is 15.2 Å². The molecule has 0 aromatic rings. The quantitative estimate of drug-likeness (QED) is 0.827. The number of nitrogens with one attached hydrogen (secondary N) is 1. The van der Waals surface area contributed by atoms with Crippen molar-refractivity contribution in [2.75, 3.05) is 6.54 Å². The minimum Gasteiger partial charge on any atom is -0.481 e. The molecule has 0 saturated heterocycles. The average molecular weight is 271 g/mol. The minimum absolute atomic E-state index is 0.143. The van der Waals surface area contributed by atoms with Gasteiger partial charge in [0.25, 0.3) is 0 Å². The summed E-state index contributed by atoms with van der Waals surface area (Å²) in [6, 6.07) is 0. The highest BCUT2D eigenvalue weighted by atomic mass is 16.6. The van der Waals surface area contributed by atoms with Gasteiger partial charge in [0.1, 0.15) is 5.60 Å². The van der Waals surface area contributed by atoms with E-state index in [9.17, 15) is 14.7 Å². The van der Waals surface area contributed by atoms with Crippen LogP contribution in [-0.4, -0.2) is 29.3 Å². The Bertz CT molecular complexity index is 338. The van der Waals surface area contributed by atoms with E-state index in [1.54, 1.807) is 20.8 Å². The van der Waals surface area contributed by atoms with Crippen molar-refractivity contribution in [2.45, 2.75) is 59.0 Å². The molecule has 0 radical (unpaired) electrons. The number of rotatable bonds is 3. The molecule has 1 saturated carbocycles. The topological polar surface area (TPSA) is 75.6 Å². The van der Waals surface area contributed by atoms with Crippen LogP contribution in [0.5, 0.6) is 0 Å². The molecule has 1 aliphatic carbocycles. The molecular weight excluding hydrogens is 246 g/mol. The van der Waals surface area contributed by atoms with Gasteiger partial charge in [-0.3, -0.25) is 4.79 Å². The summed E-state index contributed by atoms with van der Waals surface area (Å²) in [5.74, 6) is -0.260. The van der Waals surface area contributed by atoms with Gasteiger partial charge in [0.2, 0.25) is 0 Å². The second-order valence-corrected chi connectivity index (χ2v) is 6.62. The van der Waals surface area contributed by atoms with E-state index in [4.69, 9.17) is 4.74 Å². The first-order valence-corrected chi connectivity index (χ1v) is 6.85. The number of amides is 1. The van der Waals surface area contributed by atoms with Crippen molar-refractivity contribution >= 4 is 12.1 Å². The zero-order valence-corrected chi connectivity index (χ0v) is 12.3. The molecule has 1 aliphatic rings. The van der Waals surface area contributed by atoms with Crippen molar-refractivity contribution in [3.8, 4) is 0 Å². The number of carbonyl (C=O) groups excluding carboxylic acids is 1. The number of carbonyl (C=O) groups is 2. The molecular formula is C14H25NO4. The molecule has 0 aromatic carbocycles. The van der Waals surface area contributed by atoms with E-state index >= 15 is 0 Å². The molecule has 0 unspecified atom stereocenters. The Kier molecular flexibility index (Phi) is 4.82. The fourth-order valence-corrected chi connectivity index (χ4v) is 2.34. The Labute approximate surface area is 114 Å². The lowest BCUT2D eigenvalue weighted by atomic mass is 9.71. The predicted molar refractivity (Wildman–Crippen MR) is 71.9 cm³/mol. The van der Waals surface area contributed by atoms with Gasteiger partial charge in [-0.1, -0.05) is 6.92 Å². The monoisotopic (exact) mass is 271 g/mol. The number of aliphatic carboxylic acids is 1. The third kappa shape index (κ3) is 4.73. The average Bonchev–Trinajstić information content (AvgIpc) is 2.26. The van der Waals surface area contributed by atoms with Crippen LogP contribution in [0.15, 0.2) is 0 Å². The second kappa shape index (κ2) is 5.80. The molecule has 110 valence electrons. The maximum absolute atomic E-state index is 11.6. The van der Waals surface area contributed by atoms with Gasteiger partial charge in [0.15, 0.2) is 0 Å². The van der Waals surface area contributed by atoms with Crippen molar-refractivity contribution in [3.05, 3.63) is 0 Å². The fraction of sp³-hybridized carbons (Fsp3) is 0.857. The standard InChI is InChI=1S/C14H25NO4/c1-10-5-7-14(8-6-10,11(16)17)9-15-12(18)19-13(2,3)4/h10H,5-9H2,1-4H3,(H,15,18)(H,16,17). The van der Waals surface area contributed by atoms with Gasteiger partial charge in [0, 0.05) is 6.54 Å². The molecule has 2 N–H and O–H groups in total. The van der Waals surface area contributed by atoms with Crippen LogP contribution in [0.1, 0.15) is 53.4 Å². The zero-order chi connectivity index (χ0) is 14.7. The summed E-state index contributed by atoms with van der Waals surface area (Å²) in [5, 5.41) is 12.0. The number of carboxylic acids is 1. The highest BCUT2D eigenvalue weighted by Gasteiger charge is 2.41. The first-order chi connectivity index (χ1) is 8.65. The van der Waals surface area contributed by atoms with E-state index in [2.05, 4.69) is 12.2 Å². The van der Waals surface area contributed by atoms with E-state index < -0.39 is 23.1 Å². The Balaban J connectivity index is 2.56. The molecule has 0 heterocycles. The predicted octanol–water partition coefficient (Wildman–Crippen LogP) is 2.79. The summed E-state index contributed by atoms with van der Waals surface area (Å²) in [4.78, 5) is 23.1. The highest BCUT2D eigenvalue weighted by molar-refractivity contribution is 5.76. The fourth-order valence-electron chi connectivity index (χ4n) is 2.34. The number of hydrogen-bond acceptors (Lipinski definition) is 3. The molecule has 1 fully saturated rings. The van der Waals surface area contributed by atoms with Crippen LogP contribution in [0.3, 0.4) is 0 Å². The summed E-state index contributed by atoms with van der Waals surface area (Å²) in [5.41, 5.74) is -1.40. The molecule has 19 heavy (non-hydrogen) atoms. The molecule has 5 heteroatoms. The first kappa shape index (κ1) is 15.8. The van der Waals surface area contributed by atoms with E-state index in [0.717, 1.165) is 12.8 Å². The Hall–Kier alpha value is -1.26. The van der Waals surface area contributed by atoms with Gasteiger partial charge >= 0.3 is 12.1 Å². The highest BCUT2D eigenvalue weighted by Crippen LogP contribution is 2.38. The Morgan fingerprint density at radius 3 is 2.26 bits per heavy atom. The van der Waals surface area contributed by atoms with Crippen molar-refractivity contribution in [1.29, 1.82) is 0 Å². The Morgan fingerprint density at radius 1 is 1.32 bits per heavy atom. The first-order valence-electron chi connectivity index (χ1n) is 6.85. The second-order valence-electron chi connectivity index (χ2n) is 6.62. The van der Waals surface area contributed by atoms with Crippen LogP contribution < -0.4 is 5.32 Å². The lowest BCUT2D eigenvalue weighted by molar-refractivity contribution is -0.151. The molecule has 0 bridgehead atoms. The SMILES string of the molecule is CC1CCC(CNC(=O)OC(C)(C)C)(C(=O)O)CC1. The molecule has 0 aliphatic heterocycles. The molecule has 5 nitrogen and oxygen atoms in total. The smallest absolute Gasteiger partial charge is 0.407 e. The maximum atomic E-state index is 11.6. The van der Waals surface area contributed by atoms with Crippen LogP contribution in [0, 0.1) is 11.3 Å². The minimum atomic E-state index is -0.830. The third-order valence-corrected chi connectivity index (χ3v) is 3.66. The van der Waals surface area contributed by atoms with Crippen LogP contribution >= 0.6 is 0 Å². The third-order valence-electron chi connectivity index (χ3n) is 3.66.